The third kappa shape index (κ3) is 20.8. The number of carbonyl (C=O) groups excluding carboxylic acids is 4. The van der Waals surface area contributed by atoms with Gasteiger partial charge in [0.1, 0.15) is 18.8 Å². The van der Waals surface area contributed by atoms with Crippen LogP contribution >= 0.6 is 56.3 Å². The first-order chi connectivity index (χ1) is 32.0. The van der Waals surface area contributed by atoms with E-state index in [9.17, 15) is 32.3 Å². The molecular formula is C50H59Br2F3N4O8S2. The second-order valence-electron chi connectivity index (χ2n) is 18.0. The third-order valence-electron chi connectivity index (χ3n) is 9.48. The van der Waals surface area contributed by atoms with Crippen molar-refractivity contribution >= 4 is 90.7 Å². The molecule has 0 aliphatic carbocycles. The van der Waals surface area contributed by atoms with Crippen LogP contribution in [0.3, 0.4) is 0 Å². The summed E-state index contributed by atoms with van der Waals surface area (Å²) in [6.45, 7) is 15.2. The number of alkyl carbamates (subject to hydrolysis) is 1. The van der Waals surface area contributed by atoms with Crippen molar-refractivity contribution in [3.05, 3.63) is 140 Å². The summed E-state index contributed by atoms with van der Waals surface area (Å²) in [4.78, 5) is 52.1. The van der Waals surface area contributed by atoms with Gasteiger partial charge in [0.25, 0.3) is 0 Å². The third-order valence-corrected chi connectivity index (χ3v) is 10.8. The van der Waals surface area contributed by atoms with Gasteiger partial charge in [-0.3, -0.25) is 5.32 Å². The van der Waals surface area contributed by atoms with Crippen LogP contribution in [0.4, 0.5) is 22.8 Å². The Hall–Kier alpha value is -5.04. The first-order valence-electron chi connectivity index (χ1n) is 21.4. The van der Waals surface area contributed by atoms with Gasteiger partial charge in [0.2, 0.25) is 0 Å². The molecule has 0 fully saturated rings. The van der Waals surface area contributed by atoms with Crippen LogP contribution in [0.2, 0.25) is 0 Å². The Morgan fingerprint density at radius 1 is 0.681 bits per heavy atom. The number of ether oxygens (including phenoxy) is 4. The first kappa shape index (κ1) is 60.1. The zero-order valence-corrected chi connectivity index (χ0v) is 44.7. The summed E-state index contributed by atoms with van der Waals surface area (Å²) in [5.41, 5.74) is 3.25. The molecule has 0 unspecified atom stereocenters. The highest BCUT2D eigenvalue weighted by Crippen LogP contribution is 2.46. The lowest BCUT2D eigenvalue weighted by atomic mass is 9.74. The van der Waals surface area contributed by atoms with Gasteiger partial charge in [-0.05, 0) is 117 Å². The van der Waals surface area contributed by atoms with Gasteiger partial charge in [0.05, 0.1) is 22.8 Å². The molecule has 0 bridgehead atoms. The predicted molar refractivity (Wildman–Crippen MR) is 274 cm³/mol. The number of nitrogens with one attached hydrogen (secondary N) is 2. The number of nitrogens with two attached hydrogens (primary N) is 1. The minimum atomic E-state index is -4.49. The zero-order valence-electron chi connectivity index (χ0n) is 39.9. The highest BCUT2D eigenvalue weighted by Gasteiger charge is 2.54. The van der Waals surface area contributed by atoms with E-state index < -0.39 is 59.3 Å². The fourth-order valence-electron chi connectivity index (χ4n) is 6.33. The molecule has 0 heterocycles. The Balaban J connectivity index is 0.000000391. The first-order valence-corrected chi connectivity index (χ1v) is 23.8. The Bertz CT molecular complexity index is 2350. The van der Waals surface area contributed by atoms with Gasteiger partial charge in [0.15, 0.2) is 10.7 Å². The number of nitrogens with zero attached hydrogens (tertiary/aromatic N) is 1. The molecule has 4 rings (SSSR count). The van der Waals surface area contributed by atoms with E-state index in [1.807, 2.05) is 111 Å². The summed E-state index contributed by atoms with van der Waals surface area (Å²) < 4.78 is 62.1. The minimum absolute atomic E-state index is 0.0269. The normalized spacial score (nSPS) is 13.0. The molecule has 19 heteroatoms. The van der Waals surface area contributed by atoms with Crippen LogP contribution in [0.5, 0.6) is 0 Å². The van der Waals surface area contributed by atoms with Crippen LogP contribution in [-0.2, 0) is 52.8 Å². The van der Waals surface area contributed by atoms with Crippen molar-refractivity contribution in [2.45, 2.75) is 118 Å². The number of rotatable bonds is 14. The van der Waals surface area contributed by atoms with Gasteiger partial charge >= 0.3 is 30.3 Å². The molecule has 12 nitrogen and oxygen atoms in total. The highest BCUT2D eigenvalue weighted by molar-refractivity contribution is 9.10. The summed E-state index contributed by atoms with van der Waals surface area (Å²) in [6, 6.07) is 32.3. The quantitative estimate of drug-likeness (QED) is 0.0474. The maximum Gasteiger partial charge on any atom is 0.442 e. The molecule has 0 spiro atoms. The van der Waals surface area contributed by atoms with Crippen molar-refractivity contribution in [1.29, 1.82) is 0 Å². The van der Waals surface area contributed by atoms with Gasteiger partial charge in [-0.2, -0.15) is 13.2 Å². The highest BCUT2D eigenvalue weighted by atomic mass is 79.9. The zero-order chi connectivity index (χ0) is 52.2. The van der Waals surface area contributed by atoms with Gasteiger partial charge < -0.3 is 30.0 Å². The molecule has 0 radical (unpaired) electrons. The summed E-state index contributed by atoms with van der Waals surface area (Å²) >= 11 is 16.3. The molecular weight excluding hydrogens is 1070 g/mol. The number of hydrogen-bond acceptors (Lipinski definition) is 11. The largest absolute Gasteiger partial charge is 0.461 e. The van der Waals surface area contributed by atoms with E-state index in [0.717, 1.165) is 33.9 Å². The second kappa shape index (κ2) is 27.4. The van der Waals surface area contributed by atoms with E-state index in [-0.39, 0.29) is 35.4 Å². The average molecular weight is 1120 g/mol. The molecule has 4 N–H and O–H groups in total. The Morgan fingerprint density at radius 3 is 1.54 bits per heavy atom. The average Bonchev–Trinajstić information content (AvgIpc) is 3.25. The standard InChI is InChI=1S/C25H31BrN2O4S.C16H21BrF3NO2.C9H7NO2S/c1-17(2)32-21(29)25(16-24(3,4)5,19-11-13-20(26)14-12-19)28-22(33)27-23(30)31-15-18-9-7-6-8-10-18;1-10(2)23-13(22)15(21,9-14(3,4)16(18,19)20)11-5-7-12(17)8-6-11;11-9(10-7-13)12-6-8-4-2-1-3-5-8/h6-14,17H,15-16H2,1-5H3,(H2,27,28,30,33);5-8,10H,9,21H2,1-4H3;1-5H,6H2/t25-;15-;/m11./s1. The van der Waals surface area contributed by atoms with Crippen LogP contribution in [0, 0.1) is 10.8 Å². The lowest BCUT2D eigenvalue weighted by molar-refractivity contribution is -0.220. The van der Waals surface area contributed by atoms with E-state index in [4.69, 9.17) is 36.9 Å². The molecule has 69 heavy (non-hydrogen) atoms. The van der Waals surface area contributed by atoms with Crippen molar-refractivity contribution in [3.63, 3.8) is 0 Å². The number of benzene rings is 4. The van der Waals surface area contributed by atoms with E-state index >= 15 is 0 Å². The van der Waals surface area contributed by atoms with Crippen molar-refractivity contribution in [1.82, 2.24) is 10.6 Å². The predicted octanol–water partition coefficient (Wildman–Crippen LogP) is 12.8. The monoisotopic (exact) mass is 1120 g/mol. The van der Waals surface area contributed by atoms with Crippen LogP contribution in [-0.4, -0.2) is 52.8 Å². The van der Waals surface area contributed by atoms with Crippen molar-refractivity contribution < 1.29 is 51.3 Å². The fraction of sp³-hybridized carbons (Fsp3) is 0.400. The molecule has 0 saturated heterocycles. The molecule has 0 aromatic heterocycles. The van der Waals surface area contributed by atoms with Crippen molar-refractivity contribution in [2.75, 3.05) is 0 Å². The number of halogens is 5. The lowest BCUT2D eigenvalue weighted by Gasteiger charge is -2.39. The molecule has 4 aromatic carbocycles. The number of esters is 2. The van der Waals surface area contributed by atoms with Crippen LogP contribution in [0.1, 0.15) is 97.4 Å². The second-order valence-corrected chi connectivity index (χ2v) is 20.4. The summed E-state index contributed by atoms with van der Waals surface area (Å²) in [7, 11) is 0. The Morgan fingerprint density at radius 2 is 1.12 bits per heavy atom. The fourth-order valence-corrected chi connectivity index (χ4v) is 7.19. The van der Waals surface area contributed by atoms with Gasteiger partial charge in [-0.15, -0.1) is 4.99 Å². The van der Waals surface area contributed by atoms with Crippen molar-refractivity contribution in [3.8, 4) is 0 Å². The van der Waals surface area contributed by atoms with E-state index in [0.29, 0.717) is 12.0 Å². The van der Waals surface area contributed by atoms with Crippen molar-refractivity contribution in [2.24, 2.45) is 21.6 Å². The lowest BCUT2D eigenvalue weighted by Crippen LogP contribution is -2.58. The van der Waals surface area contributed by atoms with Gasteiger partial charge in [-0.1, -0.05) is 151 Å². The van der Waals surface area contributed by atoms with E-state index in [1.54, 1.807) is 39.8 Å². The summed E-state index contributed by atoms with van der Waals surface area (Å²) in [6.07, 6.45) is -6.97. The maximum absolute atomic E-state index is 13.5. The number of aliphatic imine (C=N–C) groups is 1. The van der Waals surface area contributed by atoms with Crippen LogP contribution in [0.15, 0.2) is 123 Å². The number of isothiocyanates is 1. The molecule has 374 valence electrons. The Kier molecular flexibility index (Phi) is 23.8. The SMILES string of the molecule is CC(C)OC(=O)[C@@](N)(CC(C)(C)C(F)(F)F)c1ccc(Br)cc1.CC(C)OC(=O)[C@](CC(C)(C)C)(NC(=S)NC(=O)OCc1ccccc1)c1ccc(Br)cc1.O=C(N=C=S)OCc1ccccc1. The number of thiocarbonyl (C=S) groups is 2. The van der Waals surface area contributed by atoms with E-state index in [2.05, 4.69) is 59.7 Å². The summed E-state index contributed by atoms with van der Waals surface area (Å²) in [5, 5.41) is 7.52. The Labute approximate surface area is 429 Å². The maximum atomic E-state index is 13.5. The molecule has 0 aliphatic rings. The molecule has 4 aromatic rings. The molecule has 0 aliphatic heterocycles. The molecule has 2 atom stereocenters. The van der Waals surface area contributed by atoms with Gasteiger partial charge in [0, 0.05) is 8.95 Å². The number of hydrogen-bond donors (Lipinski definition) is 3. The number of alkyl halides is 3. The smallest absolute Gasteiger partial charge is 0.442 e. The topological polar surface area (TPSA) is 168 Å². The van der Waals surface area contributed by atoms with Crippen LogP contribution < -0.4 is 16.4 Å². The molecule has 0 saturated carbocycles. The number of amides is 2. The van der Waals surface area contributed by atoms with E-state index in [1.165, 1.54) is 12.1 Å². The minimum Gasteiger partial charge on any atom is -0.461 e. The van der Waals surface area contributed by atoms with Gasteiger partial charge in [-0.25, -0.2) is 19.2 Å². The molecule has 2 amide bonds. The van der Waals surface area contributed by atoms with Crippen LogP contribution in [0.25, 0.3) is 0 Å². The number of carbonyl (C=O) groups is 4. The summed E-state index contributed by atoms with van der Waals surface area (Å²) in [5.74, 6) is -1.34.